The van der Waals surface area contributed by atoms with E-state index in [-0.39, 0.29) is 17.9 Å². The first-order valence-electron chi connectivity index (χ1n) is 10.1. The van der Waals surface area contributed by atoms with Gasteiger partial charge >= 0.3 is 0 Å². The number of methoxy groups -OCH3 is 1. The number of ether oxygens (including phenoxy) is 1. The Balaban J connectivity index is 1.39. The number of hydrogen-bond donors (Lipinski definition) is 1. The summed E-state index contributed by atoms with van der Waals surface area (Å²) in [6, 6.07) is 8.48. The molecule has 28 heavy (non-hydrogen) atoms. The van der Waals surface area contributed by atoms with Crippen molar-refractivity contribution in [3.63, 3.8) is 0 Å². The maximum atomic E-state index is 12.5. The van der Waals surface area contributed by atoms with E-state index in [1.54, 1.807) is 7.11 Å². The molecule has 7 nitrogen and oxygen atoms in total. The van der Waals surface area contributed by atoms with Crippen molar-refractivity contribution in [2.75, 3.05) is 20.2 Å². The van der Waals surface area contributed by atoms with Crippen molar-refractivity contribution in [2.24, 2.45) is 11.8 Å². The van der Waals surface area contributed by atoms with E-state index in [4.69, 9.17) is 4.74 Å². The van der Waals surface area contributed by atoms with Crippen molar-refractivity contribution < 1.29 is 9.53 Å². The molecule has 3 saturated heterocycles. The molecular weight excluding hydrogens is 354 g/mol. The van der Waals surface area contributed by atoms with Crippen molar-refractivity contribution in [1.82, 2.24) is 25.2 Å². The van der Waals surface area contributed by atoms with Crippen LogP contribution in [0.15, 0.2) is 30.5 Å². The summed E-state index contributed by atoms with van der Waals surface area (Å²) in [6.07, 6.45) is 4.17. The third-order valence-corrected chi connectivity index (χ3v) is 5.97. The molecule has 1 unspecified atom stereocenters. The smallest absolute Gasteiger partial charge is 0.224 e. The van der Waals surface area contributed by atoms with Crippen LogP contribution in [0.4, 0.5) is 0 Å². The highest BCUT2D eigenvalue weighted by Gasteiger charge is 2.43. The fraction of sp³-hybridized carbons (Fsp3) is 0.571. The average molecular weight is 383 g/mol. The fourth-order valence-corrected chi connectivity index (χ4v) is 4.51. The molecule has 3 fully saturated rings. The summed E-state index contributed by atoms with van der Waals surface area (Å²) in [5.41, 5.74) is 1.90. The predicted molar refractivity (Wildman–Crippen MR) is 107 cm³/mol. The largest absolute Gasteiger partial charge is 0.497 e. The zero-order chi connectivity index (χ0) is 19.7. The first-order chi connectivity index (χ1) is 13.5. The highest BCUT2D eigenvalue weighted by molar-refractivity contribution is 5.79. The van der Waals surface area contributed by atoms with E-state index >= 15 is 0 Å². The van der Waals surface area contributed by atoms with Crippen molar-refractivity contribution in [1.29, 1.82) is 0 Å². The third kappa shape index (κ3) is 3.90. The molecule has 1 aromatic carbocycles. The minimum absolute atomic E-state index is 0.123. The highest BCUT2D eigenvalue weighted by atomic mass is 16.5. The van der Waals surface area contributed by atoms with Gasteiger partial charge in [-0.15, -0.1) is 5.10 Å². The Hall–Kier alpha value is -2.41. The number of fused-ring (bicyclic) bond motifs is 3. The number of nitrogens with zero attached hydrogens (tertiary/aromatic N) is 4. The molecule has 7 heteroatoms. The van der Waals surface area contributed by atoms with Crippen LogP contribution in [0.3, 0.4) is 0 Å². The number of piperidine rings is 3. The lowest BCUT2D eigenvalue weighted by Crippen LogP contribution is -2.58. The highest BCUT2D eigenvalue weighted by Crippen LogP contribution is 2.37. The Bertz CT molecular complexity index is 816. The van der Waals surface area contributed by atoms with E-state index in [0.717, 1.165) is 49.5 Å². The van der Waals surface area contributed by atoms with E-state index < -0.39 is 0 Å². The van der Waals surface area contributed by atoms with Crippen molar-refractivity contribution >= 4 is 5.91 Å². The molecule has 150 valence electrons. The van der Waals surface area contributed by atoms with Gasteiger partial charge in [-0.05, 0) is 63.4 Å². The van der Waals surface area contributed by atoms with Gasteiger partial charge in [-0.2, -0.15) is 0 Å². The number of amides is 1. The molecule has 2 bridgehead atoms. The van der Waals surface area contributed by atoms with Crippen LogP contribution in [0.1, 0.15) is 26.7 Å². The molecule has 5 rings (SSSR count). The number of rotatable bonds is 6. The number of nitrogens with one attached hydrogen (secondary N) is 1. The first kappa shape index (κ1) is 18.9. The molecular formula is C21H29N5O2. The summed E-state index contributed by atoms with van der Waals surface area (Å²) in [4.78, 5) is 15.0. The van der Waals surface area contributed by atoms with Gasteiger partial charge in [0.2, 0.25) is 5.91 Å². The van der Waals surface area contributed by atoms with E-state index in [9.17, 15) is 4.79 Å². The van der Waals surface area contributed by atoms with E-state index in [1.807, 2.05) is 49.0 Å². The van der Waals surface area contributed by atoms with Gasteiger partial charge < -0.3 is 10.1 Å². The molecule has 0 spiro atoms. The van der Waals surface area contributed by atoms with Gasteiger partial charge in [0.1, 0.15) is 11.4 Å². The second-order valence-corrected chi connectivity index (χ2v) is 8.26. The monoisotopic (exact) mass is 383 g/mol. The van der Waals surface area contributed by atoms with Crippen molar-refractivity contribution in [3.05, 3.63) is 30.5 Å². The molecule has 2 aromatic rings. The van der Waals surface area contributed by atoms with E-state index in [2.05, 4.69) is 20.5 Å². The minimum Gasteiger partial charge on any atom is -0.497 e. The first-order valence-corrected chi connectivity index (χ1v) is 10.1. The Kier molecular flexibility index (Phi) is 5.35. The van der Waals surface area contributed by atoms with Crippen LogP contribution in [-0.4, -0.2) is 58.1 Å². The van der Waals surface area contributed by atoms with Crippen LogP contribution in [0.5, 0.6) is 5.75 Å². The Morgan fingerprint density at radius 3 is 2.75 bits per heavy atom. The van der Waals surface area contributed by atoms with Crippen LogP contribution < -0.4 is 10.1 Å². The van der Waals surface area contributed by atoms with Crippen molar-refractivity contribution in [3.8, 4) is 17.0 Å². The lowest BCUT2D eigenvalue weighted by Gasteiger charge is -2.49. The fourth-order valence-electron chi connectivity index (χ4n) is 4.51. The number of carbonyl (C=O) groups excluding carboxylic acids is 1. The molecule has 4 heterocycles. The van der Waals surface area contributed by atoms with Gasteiger partial charge in [0.25, 0.3) is 0 Å². The Morgan fingerprint density at radius 2 is 2.11 bits per heavy atom. The predicted octanol–water partition coefficient (Wildman–Crippen LogP) is 2.19. The topological polar surface area (TPSA) is 72.3 Å². The Labute approximate surface area is 166 Å². The van der Waals surface area contributed by atoms with Gasteiger partial charge in [0.05, 0.1) is 25.8 Å². The van der Waals surface area contributed by atoms with Gasteiger partial charge in [0, 0.05) is 24.2 Å². The molecule has 0 radical (unpaired) electrons. The average Bonchev–Trinajstić information content (AvgIpc) is 3.16. The number of aromatic nitrogens is 3. The van der Waals surface area contributed by atoms with Crippen LogP contribution in [0, 0.1) is 11.8 Å². The van der Waals surface area contributed by atoms with Crippen LogP contribution in [0.2, 0.25) is 0 Å². The molecule has 3 aliphatic rings. The summed E-state index contributed by atoms with van der Waals surface area (Å²) in [5, 5.41) is 11.8. The summed E-state index contributed by atoms with van der Waals surface area (Å²) < 4.78 is 7.15. The number of benzene rings is 1. The summed E-state index contributed by atoms with van der Waals surface area (Å²) in [6.45, 7) is 6.79. The molecule has 0 saturated carbocycles. The minimum atomic E-state index is 0.123. The summed E-state index contributed by atoms with van der Waals surface area (Å²) in [7, 11) is 1.66. The van der Waals surface area contributed by atoms with E-state index in [0.29, 0.717) is 12.0 Å². The SMILES string of the molecule is COc1ccc(-c2cn(C[C@H]3C[C@@H]4CCN3C[C@@H]4C(=O)NC(C)C)nn2)cc1. The van der Waals surface area contributed by atoms with Gasteiger partial charge in [0.15, 0.2) is 0 Å². The Morgan fingerprint density at radius 1 is 1.32 bits per heavy atom. The van der Waals surface area contributed by atoms with Gasteiger partial charge in [-0.3, -0.25) is 14.4 Å². The normalized spacial score (nSPS) is 26.4. The molecule has 1 aromatic heterocycles. The maximum absolute atomic E-state index is 12.5. The molecule has 1 amide bonds. The zero-order valence-corrected chi connectivity index (χ0v) is 16.8. The van der Waals surface area contributed by atoms with Gasteiger partial charge in [-0.1, -0.05) is 5.21 Å². The number of carbonyl (C=O) groups is 1. The van der Waals surface area contributed by atoms with Crippen LogP contribution in [0.25, 0.3) is 11.3 Å². The van der Waals surface area contributed by atoms with Crippen LogP contribution in [-0.2, 0) is 11.3 Å². The molecule has 1 N–H and O–H groups in total. The second kappa shape index (κ2) is 7.91. The zero-order valence-electron chi connectivity index (χ0n) is 16.8. The third-order valence-electron chi connectivity index (χ3n) is 5.97. The maximum Gasteiger partial charge on any atom is 0.224 e. The van der Waals surface area contributed by atoms with Crippen molar-refractivity contribution in [2.45, 2.75) is 45.3 Å². The lowest BCUT2D eigenvalue weighted by atomic mass is 9.75. The molecule has 4 atom stereocenters. The molecule has 0 aliphatic carbocycles. The lowest BCUT2D eigenvalue weighted by molar-refractivity contribution is -0.133. The number of hydrogen-bond acceptors (Lipinski definition) is 5. The van der Waals surface area contributed by atoms with Crippen LogP contribution >= 0.6 is 0 Å². The summed E-state index contributed by atoms with van der Waals surface area (Å²) >= 11 is 0. The summed E-state index contributed by atoms with van der Waals surface area (Å²) in [5.74, 6) is 1.64. The quantitative estimate of drug-likeness (QED) is 0.828. The van der Waals surface area contributed by atoms with E-state index in [1.165, 1.54) is 0 Å². The molecule has 3 aliphatic heterocycles. The second-order valence-electron chi connectivity index (χ2n) is 8.26. The standard InChI is InChI=1S/C21H29N5O2/c1-14(2)22-21(27)19-12-25-9-8-16(19)10-17(25)11-26-13-20(23-24-26)15-4-6-18(28-3)7-5-15/h4-7,13-14,16-17,19H,8-12H2,1-3H3,(H,22,27)/t16-,17+,19-/m0/s1. The van der Waals surface area contributed by atoms with Gasteiger partial charge in [-0.25, -0.2) is 0 Å².